The normalized spacial score (nSPS) is 11.2. The molecule has 0 spiro atoms. The number of pyridine rings is 1. The van der Waals surface area contributed by atoms with Crippen molar-refractivity contribution in [3.8, 4) is 0 Å². The molecule has 2 heterocycles. The van der Waals surface area contributed by atoms with Crippen molar-refractivity contribution in [3.63, 3.8) is 0 Å². The standard InChI is InChI=1S/C10H10Cl2N2O/c1-6-9(5-15-2)14-4-7(11)3-8(12)10(14)13-6/h3-4H,5H2,1-2H3. The lowest BCUT2D eigenvalue weighted by Gasteiger charge is -2.02. The molecule has 0 fully saturated rings. The second-order valence-corrected chi connectivity index (χ2v) is 4.12. The van der Waals surface area contributed by atoms with E-state index in [1.54, 1.807) is 19.4 Å². The van der Waals surface area contributed by atoms with Gasteiger partial charge in [-0.25, -0.2) is 4.98 Å². The zero-order chi connectivity index (χ0) is 11.0. The summed E-state index contributed by atoms with van der Waals surface area (Å²) in [7, 11) is 1.64. The van der Waals surface area contributed by atoms with Crippen LogP contribution in [0.3, 0.4) is 0 Å². The van der Waals surface area contributed by atoms with E-state index in [4.69, 9.17) is 27.9 Å². The van der Waals surface area contributed by atoms with Gasteiger partial charge in [0.2, 0.25) is 0 Å². The number of imidazole rings is 1. The van der Waals surface area contributed by atoms with Crippen molar-refractivity contribution < 1.29 is 4.74 Å². The molecule has 0 atom stereocenters. The third-order valence-corrected chi connectivity index (χ3v) is 2.71. The molecule has 0 saturated heterocycles. The summed E-state index contributed by atoms with van der Waals surface area (Å²) in [6, 6.07) is 1.68. The van der Waals surface area contributed by atoms with Crippen LogP contribution in [0.1, 0.15) is 11.4 Å². The number of fused-ring (bicyclic) bond motifs is 1. The van der Waals surface area contributed by atoms with E-state index < -0.39 is 0 Å². The van der Waals surface area contributed by atoms with E-state index in [9.17, 15) is 0 Å². The summed E-state index contributed by atoms with van der Waals surface area (Å²) in [5, 5.41) is 1.13. The minimum atomic E-state index is 0.490. The van der Waals surface area contributed by atoms with Crippen LogP contribution >= 0.6 is 23.2 Å². The molecule has 0 unspecified atom stereocenters. The van der Waals surface area contributed by atoms with Gasteiger partial charge in [-0.3, -0.25) is 4.40 Å². The molecular weight excluding hydrogens is 235 g/mol. The number of nitrogens with zero attached hydrogens (tertiary/aromatic N) is 2. The lowest BCUT2D eigenvalue weighted by atomic mass is 10.3. The van der Waals surface area contributed by atoms with Crippen LogP contribution in [-0.4, -0.2) is 16.5 Å². The highest BCUT2D eigenvalue weighted by molar-refractivity contribution is 6.36. The first-order valence-electron chi connectivity index (χ1n) is 4.45. The van der Waals surface area contributed by atoms with Gasteiger partial charge in [-0.1, -0.05) is 23.2 Å². The molecule has 2 aromatic heterocycles. The summed E-state index contributed by atoms with van der Waals surface area (Å²) in [6.07, 6.45) is 1.79. The highest BCUT2D eigenvalue weighted by Crippen LogP contribution is 2.24. The Morgan fingerprint density at radius 3 is 2.87 bits per heavy atom. The van der Waals surface area contributed by atoms with Gasteiger partial charge >= 0.3 is 0 Å². The van der Waals surface area contributed by atoms with Crippen LogP contribution in [0.5, 0.6) is 0 Å². The molecule has 2 aromatic rings. The summed E-state index contributed by atoms with van der Waals surface area (Å²) in [6.45, 7) is 2.41. The topological polar surface area (TPSA) is 26.5 Å². The van der Waals surface area contributed by atoms with Gasteiger partial charge in [-0.2, -0.15) is 0 Å². The van der Waals surface area contributed by atoms with Crippen molar-refractivity contribution >= 4 is 28.8 Å². The van der Waals surface area contributed by atoms with Crippen LogP contribution in [0, 0.1) is 6.92 Å². The highest BCUT2D eigenvalue weighted by atomic mass is 35.5. The highest BCUT2D eigenvalue weighted by Gasteiger charge is 2.11. The third-order valence-electron chi connectivity index (χ3n) is 2.22. The molecule has 5 heteroatoms. The van der Waals surface area contributed by atoms with Crippen molar-refractivity contribution in [2.75, 3.05) is 7.11 Å². The number of hydrogen-bond acceptors (Lipinski definition) is 2. The Bertz CT molecular complexity index is 508. The number of halogens is 2. The molecule has 0 N–H and O–H groups in total. The fraction of sp³-hybridized carbons (Fsp3) is 0.300. The number of aromatic nitrogens is 2. The van der Waals surface area contributed by atoms with Crippen LogP contribution in [0.4, 0.5) is 0 Å². The van der Waals surface area contributed by atoms with Gasteiger partial charge < -0.3 is 4.74 Å². The van der Waals surface area contributed by atoms with Crippen LogP contribution in [0.25, 0.3) is 5.65 Å². The van der Waals surface area contributed by atoms with Crippen molar-refractivity contribution in [2.45, 2.75) is 13.5 Å². The Hall–Kier alpha value is -0.770. The van der Waals surface area contributed by atoms with Gasteiger partial charge in [0.05, 0.1) is 28.0 Å². The molecule has 0 aliphatic rings. The van der Waals surface area contributed by atoms with Gasteiger partial charge in [-0.05, 0) is 13.0 Å². The van der Waals surface area contributed by atoms with Gasteiger partial charge in [0.25, 0.3) is 0 Å². The van der Waals surface area contributed by atoms with E-state index in [1.807, 2.05) is 11.3 Å². The molecule has 0 bridgehead atoms. The molecule has 0 radical (unpaired) electrons. The monoisotopic (exact) mass is 244 g/mol. The Morgan fingerprint density at radius 1 is 1.47 bits per heavy atom. The SMILES string of the molecule is COCc1c(C)nc2c(Cl)cc(Cl)cn12. The molecule has 80 valence electrons. The zero-order valence-electron chi connectivity index (χ0n) is 8.42. The van der Waals surface area contributed by atoms with Gasteiger partial charge in [0, 0.05) is 13.3 Å². The second kappa shape index (κ2) is 4.00. The molecule has 0 amide bonds. The summed E-state index contributed by atoms with van der Waals surface area (Å²) < 4.78 is 6.97. The quantitative estimate of drug-likeness (QED) is 0.812. The van der Waals surface area contributed by atoms with E-state index in [0.29, 0.717) is 22.3 Å². The van der Waals surface area contributed by atoms with Crippen molar-refractivity contribution in [1.82, 2.24) is 9.38 Å². The van der Waals surface area contributed by atoms with E-state index >= 15 is 0 Å². The first-order valence-corrected chi connectivity index (χ1v) is 5.20. The van der Waals surface area contributed by atoms with Crippen LogP contribution in [0.2, 0.25) is 10.0 Å². The predicted molar refractivity (Wildman–Crippen MR) is 60.7 cm³/mol. The first kappa shape index (κ1) is 10.7. The summed E-state index contributed by atoms with van der Waals surface area (Å²) in [5.41, 5.74) is 2.59. The van der Waals surface area contributed by atoms with E-state index in [1.165, 1.54) is 0 Å². The van der Waals surface area contributed by atoms with E-state index in [0.717, 1.165) is 11.4 Å². The summed E-state index contributed by atoms with van der Waals surface area (Å²) >= 11 is 12.0. The second-order valence-electron chi connectivity index (χ2n) is 3.28. The van der Waals surface area contributed by atoms with Crippen LogP contribution in [0.15, 0.2) is 12.3 Å². The molecule has 0 saturated carbocycles. The number of rotatable bonds is 2. The minimum Gasteiger partial charge on any atom is -0.378 e. The lowest BCUT2D eigenvalue weighted by molar-refractivity contribution is 0.180. The number of methoxy groups -OCH3 is 1. The smallest absolute Gasteiger partial charge is 0.156 e. The van der Waals surface area contributed by atoms with Crippen molar-refractivity contribution in [1.29, 1.82) is 0 Å². The first-order chi connectivity index (χ1) is 7.13. The Balaban J connectivity index is 2.74. The number of hydrogen-bond donors (Lipinski definition) is 0. The average molecular weight is 245 g/mol. The zero-order valence-corrected chi connectivity index (χ0v) is 9.93. The molecule has 0 aromatic carbocycles. The maximum absolute atomic E-state index is 6.04. The van der Waals surface area contributed by atoms with Crippen molar-refractivity contribution in [3.05, 3.63) is 33.7 Å². The molecule has 15 heavy (non-hydrogen) atoms. The Morgan fingerprint density at radius 2 is 2.20 bits per heavy atom. The molecule has 3 nitrogen and oxygen atoms in total. The number of ether oxygens (including phenoxy) is 1. The van der Waals surface area contributed by atoms with Gasteiger partial charge in [-0.15, -0.1) is 0 Å². The molecule has 0 aliphatic heterocycles. The maximum atomic E-state index is 6.04. The Labute approximate surface area is 97.6 Å². The van der Waals surface area contributed by atoms with Crippen molar-refractivity contribution in [2.24, 2.45) is 0 Å². The van der Waals surface area contributed by atoms with Gasteiger partial charge in [0.1, 0.15) is 0 Å². The maximum Gasteiger partial charge on any atom is 0.156 e. The lowest BCUT2D eigenvalue weighted by Crippen LogP contribution is -1.96. The average Bonchev–Trinajstić information content (AvgIpc) is 2.46. The summed E-state index contributed by atoms with van der Waals surface area (Å²) in [4.78, 5) is 4.36. The third kappa shape index (κ3) is 1.83. The van der Waals surface area contributed by atoms with Gasteiger partial charge in [0.15, 0.2) is 5.65 Å². The number of aryl methyl sites for hydroxylation is 1. The molecular formula is C10H10Cl2N2O. The fourth-order valence-electron chi connectivity index (χ4n) is 1.54. The Kier molecular flexibility index (Phi) is 2.87. The van der Waals surface area contributed by atoms with Crippen LogP contribution in [-0.2, 0) is 11.3 Å². The largest absolute Gasteiger partial charge is 0.378 e. The molecule has 2 rings (SSSR count). The predicted octanol–water partition coefficient (Wildman–Crippen LogP) is 3.10. The fourth-order valence-corrected chi connectivity index (χ4v) is 2.06. The minimum absolute atomic E-state index is 0.490. The van der Waals surface area contributed by atoms with Crippen LogP contribution < -0.4 is 0 Å². The molecule has 0 aliphatic carbocycles. The summed E-state index contributed by atoms with van der Waals surface area (Å²) in [5.74, 6) is 0. The van der Waals surface area contributed by atoms with E-state index in [-0.39, 0.29) is 0 Å². The van der Waals surface area contributed by atoms with E-state index in [2.05, 4.69) is 4.98 Å².